The molecule has 0 aromatic carbocycles. The van der Waals surface area contributed by atoms with Crippen molar-refractivity contribution in [3.05, 3.63) is 11.5 Å². The zero-order chi connectivity index (χ0) is 11.4. The maximum Gasteiger partial charge on any atom is 0.224 e. The van der Waals surface area contributed by atoms with E-state index in [1.54, 1.807) is 0 Å². The quantitative estimate of drug-likeness (QED) is 0.787. The maximum atomic E-state index is 5.71. The van der Waals surface area contributed by atoms with Crippen molar-refractivity contribution in [3.8, 4) is 0 Å². The second kappa shape index (κ2) is 5.32. The Bertz CT molecular complexity index is 355. The highest BCUT2D eigenvalue weighted by Gasteiger charge is 2.14. The van der Waals surface area contributed by atoms with E-state index in [9.17, 15) is 0 Å². The molecule has 2 rings (SSSR count). The third-order valence-corrected chi connectivity index (χ3v) is 2.75. The summed E-state index contributed by atoms with van der Waals surface area (Å²) in [4.78, 5) is 7.80. The summed E-state index contributed by atoms with van der Waals surface area (Å²) in [6.07, 6.45) is 5.13. The van der Waals surface area contributed by atoms with Crippen molar-refractivity contribution in [2.45, 2.75) is 25.4 Å². The van der Waals surface area contributed by atoms with Gasteiger partial charge < -0.3 is 15.8 Å². The van der Waals surface area contributed by atoms with Gasteiger partial charge in [0.05, 0.1) is 18.0 Å². The molecule has 3 N–H and O–H groups in total. The molecular weight excluding hydrogens is 228 g/mol. The average molecular weight is 243 g/mol. The summed E-state index contributed by atoms with van der Waals surface area (Å²) in [5.74, 6) is 0.595. The van der Waals surface area contributed by atoms with Gasteiger partial charge >= 0.3 is 0 Å². The predicted molar refractivity (Wildman–Crippen MR) is 63.5 cm³/mol. The van der Waals surface area contributed by atoms with Crippen LogP contribution in [0.15, 0.2) is 6.20 Å². The summed E-state index contributed by atoms with van der Waals surface area (Å²) in [6, 6.07) is 0. The van der Waals surface area contributed by atoms with Crippen molar-refractivity contribution in [1.82, 2.24) is 9.97 Å². The molecule has 0 spiro atoms. The van der Waals surface area contributed by atoms with Crippen LogP contribution in [0, 0.1) is 0 Å². The maximum absolute atomic E-state index is 5.71. The van der Waals surface area contributed by atoms with Crippen molar-refractivity contribution < 1.29 is 4.74 Å². The molecule has 88 valence electrons. The lowest BCUT2D eigenvalue weighted by atomic mass is 10.2. The summed E-state index contributed by atoms with van der Waals surface area (Å²) >= 11 is 5.68. The smallest absolute Gasteiger partial charge is 0.224 e. The first-order chi connectivity index (χ1) is 7.75. The Labute approximate surface area is 99.4 Å². The molecule has 1 aromatic heterocycles. The first-order valence-corrected chi connectivity index (χ1v) is 5.77. The van der Waals surface area contributed by atoms with Crippen LogP contribution in [0.25, 0.3) is 0 Å². The van der Waals surface area contributed by atoms with Crippen LogP contribution >= 0.6 is 11.6 Å². The van der Waals surface area contributed by atoms with Crippen LogP contribution < -0.4 is 11.1 Å². The van der Waals surface area contributed by atoms with Crippen molar-refractivity contribution in [3.63, 3.8) is 0 Å². The number of ether oxygens (including phenoxy) is 1. The minimum absolute atomic E-state index is 0.203. The van der Waals surface area contributed by atoms with E-state index in [-0.39, 0.29) is 5.28 Å². The van der Waals surface area contributed by atoms with Crippen LogP contribution in [-0.4, -0.2) is 29.2 Å². The Morgan fingerprint density at radius 1 is 1.62 bits per heavy atom. The number of hydrogen-bond donors (Lipinski definition) is 2. The van der Waals surface area contributed by atoms with Crippen molar-refractivity contribution in [2.75, 3.05) is 24.2 Å². The van der Waals surface area contributed by atoms with E-state index < -0.39 is 0 Å². The zero-order valence-electron chi connectivity index (χ0n) is 8.95. The van der Waals surface area contributed by atoms with Crippen LogP contribution in [0.4, 0.5) is 11.5 Å². The highest BCUT2D eigenvalue weighted by Crippen LogP contribution is 2.18. The van der Waals surface area contributed by atoms with Gasteiger partial charge in [0.1, 0.15) is 0 Å². The van der Waals surface area contributed by atoms with Crippen molar-refractivity contribution in [2.24, 2.45) is 0 Å². The Morgan fingerprint density at radius 3 is 3.25 bits per heavy atom. The number of anilines is 2. The van der Waals surface area contributed by atoms with E-state index in [4.69, 9.17) is 22.1 Å². The largest absolute Gasteiger partial charge is 0.394 e. The lowest BCUT2D eigenvalue weighted by molar-refractivity contribution is 0.107. The fraction of sp³-hybridized carbons (Fsp3) is 0.600. The molecule has 0 saturated carbocycles. The third-order valence-electron chi connectivity index (χ3n) is 2.57. The third kappa shape index (κ3) is 2.96. The van der Waals surface area contributed by atoms with E-state index in [0.29, 0.717) is 17.6 Å². The van der Waals surface area contributed by atoms with Gasteiger partial charge in [0.2, 0.25) is 5.28 Å². The summed E-state index contributed by atoms with van der Waals surface area (Å²) in [7, 11) is 0. The molecule has 6 heteroatoms. The Morgan fingerprint density at radius 2 is 2.50 bits per heavy atom. The molecule has 1 atom stereocenters. The molecule has 0 aliphatic carbocycles. The van der Waals surface area contributed by atoms with Crippen molar-refractivity contribution >= 4 is 23.1 Å². The van der Waals surface area contributed by atoms with Crippen LogP contribution in [0.1, 0.15) is 19.3 Å². The molecule has 1 saturated heterocycles. The van der Waals surface area contributed by atoms with E-state index in [0.717, 1.165) is 32.4 Å². The van der Waals surface area contributed by atoms with Gasteiger partial charge in [-0.2, -0.15) is 4.98 Å². The lowest BCUT2D eigenvalue weighted by Gasteiger charge is -2.11. The second-order valence-corrected chi connectivity index (χ2v) is 4.13. The summed E-state index contributed by atoms with van der Waals surface area (Å²) in [6.45, 7) is 1.66. The monoisotopic (exact) mass is 242 g/mol. The van der Waals surface area contributed by atoms with E-state index in [1.165, 1.54) is 6.20 Å². The number of nitrogens with two attached hydrogens (primary N) is 1. The number of halogens is 1. The fourth-order valence-corrected chi connectivity index (χ4v) is 1.87. The summed E-state index contributed by atoms with van der Waals surface area (Å²) in [5, 5.41) is 3.34. The average Bonchev–Trinajstić information content (AvgIpc) is 2.76. The van der Waals surface area contributed by atoms with E-state index >= 15 is 0 Å². The Balaban J connectivity index is 1.82. The summed E-state index contributed by atoms with van der Waals surface area (Å²) in [5.41, 5.74) is 6.22. The predicted octanol–water partition coefficient (Wildman–Crippen LogP) is 1.69. The number of nitrogens with zero attached hydrogens (tertiary/aromatic N) is 2. The number of rotatable bonds is 4. The molecule has 1 fully saturated rings. The van der Waals surface area contributed by atoms with Gasteiger partial charge in [-0.1, -0.05) is 0 Å². The van der Waals surface area contributed by atoms with Crippen LogP contribution in [0.2, 0.25) is 5.28 Å². The summed E-state index contributed by atoms with van der Waals surface area (Å²) < 4.78 is 5.51. The van der Waals surface area contributed by atoms with Gasteiger partial charge in [-0.25, -0.2) is 4.98 Å². The van der Waals surface area contributed by atoms with E-state index in [2.05, 4.69) is 15.3 Å². The minimum atomic E-state index is 0.203. The molecule has 1 aliphatic rings. The minimum Gasteiger partial charge on any atom is -0.394 e. The Kier molecular flexibility index (Phi) is 3.79. The standard InChI is InChI=1S/C10H15ClN4O/c11-10-14-6-8(12)9(15-10)13-4-3-7-2-1-5-16-7/h6-7H,1-5,12H2,(H,13,14,15). The topological polar surface area (TPSA) is 73.1 Å². The highest BCUT2D eigenvalue weighted by molar-refractivity contribution is 6.28. The normalized spacial score (nSPS) is 19.9. The number of hydrogen-bond acceptors (Lipinski definition) is 5. The molecule has 1 aliphatic heterocycles. The highest BCUT2D eigenvalue weighted by atomic mass is 35.5. The molecule has 0 radical (unpaired) electrons. The molecule has 5 nitrogen and oxygen atoms in total. The van der Waals surface area contributed by atoms with Crippen LogP contribution in [-0.2, 0) is 4.74 Å². The fourth-order valence-electron chi connectivity index (χ4n) is 1.73. The first-order valence-electron chi connectivity index (χ1n) is 5.39. The Hall–Kier alpha value is -1.07. The number of aromatic nitrogens is 2. The van der Waals surface area contributed by atoms with Gasteiger partial charge in [0, 0.05) is 13.2 Å². The van der Waals surface area contributed by atoms with E-state index in [1.807, 2.05) is 0 Å². The van der Waals surface area contributed by atoms with Crippen LogP contribution in [0.3, 0.4) is 0 Å². The molecule has 2 heterocycles. The van der Waals surface area contributed by atoms with Gasteiger partial charge in [-0.15, -0.1) is 0 Å². The zero-order valence-corrected chi connectivity index (χ0v) is 9.70. The van der Waals surface area contributed by atoms with Crippen molar-refractivity contribution in [1.29, 1.82) is 0 Å². The molecule has 16 heavy (non-hydrogen) atoms. The van der Waals surface area contributed by atoms with Gasteiger partial charge in [0.25, 0.3) is 0 Å². The molecule has 0 bridgehead atoms. The molecule has 1 unspecified atom stereocenters. The first kappa shape index (κ1) is 11.4. The second-order valence-electron chi connectivity index (χ2n) is 3.79. The number of nitrogens with one attached hydrogen (secondary N) is 1. The van der Waals surface area contributed by atoms with Gasteiger partial charge in [-0.05, 0) is 30.9 Å². The molecule has 0 amide bonds. The molecule has 1 aromatic rings. The lowest BCUT2D eigenvalue weighted by Crippen LogP contribution is -2.14. The molecular formula is C10H15ClN4O. The van der Waals surface area contributed by atoms with Crippen LogP contribution in [0.5, 0.6) is 0 Å². The number of nitrogen functional groups attached to an aromatic ring is 1. The van der Waals surface area contributed by atoms with Gasteiger partial charge in [0.15, 0.2) is 5.82 Å². The van der Waals surface area contributed by atoms with Gasteiger partial charge in [-0.3, -0.25) is 0 Å². The SMILES string of the molecule is Nc1cnc(Cl)nc1NCCC1CCCO1.